The van der Waals surface area contributed by atoms with E-state index in [0.29, 0.717) is 0 Å². The first kappa shape index (κ1) is 3.63. The van der Waals surface area contributed by atoms with Crippen molar-refractivity contribution < 1.29 is 4.84 Å². The standard InChI is InChI=1S/C3H4N2OS/c7-3-4-1-2-5(3)6-2/h2H,1H2,(H,4,7). The number of hydroxylamine groups is 2. The number of hydrogen-bond donors (Lipinski definition) is 1. The van der Waals surface area contributed by atoms with E-state index in [2.05, 4.69) is 5.32 Å². The lowest BCUT2D eigenvalue weighted by atomic mass is 10.7. The molecule has 0 bridgehead atoms. The second-order valence-corrected chi connectivity index (χ2v) is 1.96. The Morgan fingerprint density at radius 1 is 2.00 bits per heavy atom. The molecule has 2 fully saturated rings. The Bertz CT molecular complexity index is 126. The maximum atomic E-state index is 4.89. The van der Waals surface area contributed by atoms with E-state index < -0.39 is 0 Å². The van der Waals surface area contributed by atoms with Crippen LogP contribution in [-0.4, -0.2) is 22.9 Å². The molecule has 2 heterocycles. The normalized spacial score (nSPS) is 35.1. The van der Waals surface area contributed by atoms with Crippen molar-refractivity contribution in [3.63, 3.8) is 0 Å². The lowest BCUT2D eigenvalue weighted by Gasteiger charge is -1.92. The smallest absolute Gasteiger partial charge is 0.201 e. The average Bonchev–Trinajstić information content (AvgIpc) is 2.33. The summed E-state index contributed by atoms with van der Waals surface area (Å²) in [5.41, 5.74) is 0. The molecule has 0 aromatic carbocycles. The summed E-state index contributed by atoms with van der Waals surface area (Å²) in [4.78, 5) is 4.89. The summed E-state index contributed by atoms with van der Waals surface area (Å²) in [6.07, 6.45) is 0.271. The van der Waals surface area contributed by atoms with Crippen molar-refractivity contribution in [3.8, 4) is 0 Å². The predicted molar refractivity (Wildman–Crippen MR) is 27.3 cm³/mol. The molecule has 4 heteroatoms. The number of nitrogens with zero attached hydrogens (tertiary/aromatic N) is 1. The fourth-order valence-electron chi connectivity index (χ4n) is 0.655. The molecule has 2 rings (SSSR count). The van der Waals surface area contributed by atoms with Crippen molar-refractivity contribution in [2.45, 2.75) is 6.23 Å². The van der Waals surface area contributed by atoms with Crippen LogP contribution < -0.4 is 5.32 Å². The maximum Gasteiger partial charge on any atom is 0.201 e. The topological polar surface area (TPSA) is 27.6 Å². The summed E-state index contributed by atoms with van der Waals surface area (Å²) in [6.45, 7) is 0.860. The Hall–Kier alpha value is -0.350. The Kier molecular flexibility index (Phi) is 0.466. The van der Waals surface area contributed by atoms with Crippen LogP contribution in [-0.2, 0) is 4.84 Å². The van der Waals surface area contributed by atoms with Gasteiger partial charge >= 0.3 is 0 Å². The van der Waals surface area contributed by atoms with Crippen LogP contribution in [0.2, 0.25) is 0 Å². The summed E-state index contributed by atoms with van der Waals surface area (Å²) < 4.78 is 0. The highest BCUT2D eigenvalue weighted by atomic mass is 32.1. The molecule has 3 nitrogen and oxygen atoms in total. The van der Waals surface area contributed by atoms with Crippen LogP contribution in [0.25, 0.3) is 0 Å². The van der Waals surface area contributed by atoms with Crippen molar-refractivity contribution in [1.82, 2.24) is 10.4 Å². The molecule has 7 heavy (non-hydrogen) atoms. The minimum Gasteiger partial charge on any atom is -0.356 e. The Labute approximate surface area is 46.2 Å². The average molecular weight is 116 g/mol. The fourth-order valence-corrected chi connectivity index (χ4v) is 0.899. The van der Waals surface area contributed by atoms with Gasteiger partial charge in [0.2, 0.25) is 6.23 Å². The van der Waals surface area contributed by atoms with Gasteiger partial charge in [0.25, 0.3) is 0 Å². The molecule has 0 aromatic heterocycles. The first-order valence-electron chi connectivity index (χ1n) is 2.12. The first-order valence-corrected chi connectivity index (χ1v) is 2.52. The minimum atomic E-state index is 0.271. The third-order valence-electron chi connectivity index (χ3n) is 1.08. The summed E-state index contributed by atoms with van der Waals surface area (Å²) in [6, 6.07) is 0. The third kappa shape index (κ3) is 0.351. The number of rotatable bonds is 0. The summed E-state index contributed by atoms with van der Waals surface area (Å²) in [5.74, 6) is 0. The Morgan fingerprint density at radius 3 is 3.00 bits per heavy atom. The van der Waals surface area contributed by atoms with Crippen molar-refractivity contribution in [3.05, 3.63) is 0 Å². The van der Waals surface area contributed by atoms with Crippen LogP contribution in [0.4, 0.5) is 0 Å². The largest absolute Gasteiger partial charge is 0.356 e. The molecule has 0 radical (unpaired) electrons. The first-order chi connectivity index (χ1) is 3.38. The molecule has 0 saturated carbocycles. The molecule has 0 amide bonds. The number of nitrogens with one attached hydrogen (secondary N) is 1. The highest BCUT2D eigenvalue weighted by molar-refractivity contribution is 7.80. The van der Waals surface area contributed by atoms with Crippen molar-refractivity contribution in [2.75, 3.05) is 6.54 Å². The van der Waals surface area contributed by atoms with Crippen molar-refractivity contribution in [1.29, 1.82) is 0 Å². The van der Waals surface area contributed by atoms with Gasteiger partial charge in [0, 0.05) is 0 Å². The van der Waals surface area contributed by atoms with Crippen molar-refractivity contribution >= 4 is 17.3 Å². The minimum absolute atomic E-state index is 0.271. The Balaban J connectivity index is 2.21. The molecular weight excluding hydrogens is 112 g/mol. The molecule has 0 aliphatic carbocycles. The molecule has 1 atom stereocenters. The van der Waals surface area contributed by atoms with E-state index in [0.717, 1.165) is 11.7 Å². The maximum absolute atomic E-state index is 4.89. The lowest BCUT2D eigenvalue weighted by Crippen LogP contribution is -2.20. The van der Waals surface area contributed by atoms with Crippen LogP contribution in [0.1, 0.15) is 0 Å². The monoisotopic (exact) mass is 116 g/mol. The molecule has 2 saturated heterocycles. The highest BCUT2D eigenvalue weighted by Gasteiger charge is 2.44. The van der Waals surface area contributed by atoms with E-state index in [1.807, 2.05) is 0 Å². The van der Waals surface area contributed by atoms with Gasteiger partial charge in [0.05, 0.1) is 6.54 Å². The van der Waals surface area contributed by atoms with E-state index in [4.69, 9.17) is 17.1 Å². The van der Waals surface area contributed by atoms with Gasteiger partial charge in [-0.05, 0) is 12.2 Å². The molecule has 1 N–H and O–H groups in total. The lowest BCUT2D eigenvalue weighted by molar-refractivity contribution is 0.263. The van der Waals surface area contributed by atoms with Crippen LogP contribution >= 0.6 is 12.2 Å². The van der Waals surface area contributed by atoms with Crippen molar-refractivity contribution in [2.24, 2.45) is 0 Å². The number of fused-ring (bicyclic) bond motifs is 1. The van der Waals surface area contributed by atoms with Crippen LogP contribution in [0.15, 0.2) is 0 Å². The predicted octanol–water partition coefficient (Wildman–Crippen LogP) is -0.552. The van der Waals surface area contributed by atoms with Gasteiger partial charge in [-0.25, -0.2) is 4.84 Å². The molecule has 2 aliphatic heterocycles. The molecular formula is C3H4N2OS. The van der Waals surface area contributed by atoms with Gasteiger partial charge in [-0.15, -0.1) is 0 Å². The fraction of sp³-hybridized carbons (Fsp3) is 0.667. The van der Waals surface area contributed by atoms with Gasteiger partial charge < -0.3 is 5.32 Å². The van der Waals surface area contributed by atoms with Crippen LogP contribution in [0, 0.1) is 0 Å². The number of thiocarbonyl (C=S) groups is 1. The Morgan fingerprint density at radius 2 is 2.86 bits per heavy atom. The van der Waals surface area contributed by atoms with Gasteiger partial charge in [-0.1, -0.05) is 0 Å². The molecule has 2 aliphatic rings. The van der Waals surface area contributed by atoms with Gasteiger partial charge in [-0.2, -0.15) is 5.06 Å². The zero-order valence-corrected chi connectivity index (χ0v) is 4.36. The van der Waals surface area contributed by atoms with E-state index in [-0.39, 0.29) is 6.23 Å². The second kappa shape index (κ2) is 0.900. The summed E-state index contributed by atoms with van der Waals surface area (Å²) in [7, 11) is 0. The van der Waals surface area contributed by atoms with E-state index in [9.17, 15) is 0 Å². The quantitative estimate of drug-likeness (QED) is 0.339. The van der Waals surface area contributed by atoms with Crippen LogP contribution in [0.5, 0.6) is 0 Å². The van der Waals surface area contributed by atoms with E-state index in [1.54, 1.807) is 5.06 Å². The van der Waals surface area contributed by atoms with Crippen LogP contribution in [0.3, 0.4) is 0 Å². The highest BCUT2D eigenvalue weighted by Crippen LogP contribution is 2.23. The molecule has 0 spiro atoms. The third-order valence-corrected chi connectivity index (χ3v) is 1.40. The zero-order valence-electron chi connectivity index (χ0n) is 3.55. The molecule has 38 valence electrons. The zero-order chi connectivity index (χ0) is 4.85. The summed E-state index contributed by atoms with van der Waals surface area (Å²) in [5, 5.41) is 5.37. The van der Waals surface area contributed by atoms with Gasteiger partial charge in [0.15, 0.2) is 5.11 Å². The molecule has 1 unspecified atom stereocenters. The second-order valence-electron chi connectivity index (χ2n) is 1.57. The SMILES string of the molecule is S=C1NCC2ON12. The number of hydrogen-bond acceptors (Lipinski definition) is 2. The van der Waals surface area contributed by atoms with E-state index >= 15 is 0 Å². The van der Waals surface area contributed by atoms with Gasteiger partial charge in [0.1, 0.15) is 0 Å². The van der Waals surface area contributed by atoms with Gasteiger partial charge in [-0.3, -0.25) is 0 Å². The van der Waals surface area contributed by atoms with E-state index in [1.165, 1.54) is 0 Å². The molecule has 0 aromatic rings. The summed E-state index contributed by atoms with van der Waals surface area (Å²) >= 11 is 4.77.